The average Bonchev–Trinajstić information content (AvgIpc) is 3.60. The Balaban J connectivity index is 1.20. The topological polar surface area (TPSA) is 16.4 Å². The Morgan fingerprint density at radius 3 is 1.73 bits per heavy atom. The molecule has 244 valence electrons. The van der Waals surface area contributed by atoms with Gasteiger partial charge in [-0.15, -0.1) is 0 Å². The lowest BCUT2D eigenvalue weighted by Crippen LogP contribution is -2.12. The fraction of sp³-hybridized carbons (Fsp3) is 0. The number of fused-ring (bicyclic) bond motifs is 5. The number of anilines is 3. The zero-order chi connectivity index (χ0) is 34.4. The molecule has 0 unspecified atom stereocenters. The standard InChI is InChI=1S/C50H33NO/c1-2-15-37-33-38(28-27-34(37)13-1)42-18-5-8-24-47(42)51(39-31-29-36(30-32-39)41-21-11-16-35-14-3-4-17-40(35)41)48-25-9-6-19-43(48)45-22-12-23-46-44-20-7-10-26-49(44)52-50(45)46/h1-33H. The molecule has 2 nitrogen and oxygen atoms in total. The highest BCUT2D eigenvalue weighted by Crippen LogP contribution is 2.47. The second-order valence-electron chi connectivity index (χ2n) is 13.3. The van der Waals surface area contributed by atoms with Crippen LogP contribution < -0.4 is 4.90 Å². The van der Waals surface area contributed by atoms with Crippen LogP contribution in [0.5, 0.6) is 0 Å². The predicted octanol–water partition coefficient (Wildman–Crippen LogP) is 14.4. The van der Waals surface area contributed by atoms with Crippen LogP contribution in [0, 0.1) is 0 Å². The van der Waals surface area contributed by atoms with E-state index in [4.69, 9.17) is 4.42 Å². The van der Waals surface area contributed by atoms with E-state index in [2.05, 4.69) is 199 Å². The average molecular weight is 664 g/mol. The van der Waals surface area contributed by atoms with Crippen molar-refractivity contribution in [3.63, 3.8) is 0 Å². The molecule has 0 aliphatic carbocycles. The van der Waals surface area contributed by atoms with Gasteiger partial charge in [0.25, 0.3) is 0 Å². The van der Waals surface area contributed by atoms with Gasteiger partial charge in [-0.25, -0.2) is 0 Å². The summed E-state index contributed by atoms with van der Waals surface area (Å²) in [6.45, 7) is 0. The van der Waals surface area contributed by atoms with Crippen molar-refractivity contribution in [3.05, 3.63) is 200 Å². The van der Waals surface area contributed by atoms with Gasteiger partial charge in [0, 0.05) is 33.2 Å². The zero-order valence-corrected chi connectivity index (χ0v) is 28.4. The maximum Gasteiger partial charge on any atom is 0.143 e. The highest BCUT2D eigenvalue weighted by atomic mass is 16.3. The van der Waals surface area contributed by atoms with Crippen LogP contribution in [-0.4, -0.2) is 0 Å². The lowest BCUT2D eigenvalue weighted by atomic mass is 9.96. The molecule has 0 fully saturated rings. The second-order valence-corrected chi connectivity index (χ2v) is 13.3. The molecule has 52 heavy (non-hydrogen) atoms. The SMILES string of the molecule is c1ccc(N(c2ccc(-c3cccc4ccccc34)cc2)c2ccccc2-c2cccc3c2oc2ccccc23)c(-c2ccc3ccccc3c2)c1. The van der Waals surface area contributed by atoms with Crippen LogP contribution >= 0.6 is 0 Å². The van der Waals surface area contributed by atoms with Crippen molar-refractivity contribution in [1.29, 1.82) is 0 Å². The zero-order valence-electron chi connectivity index (χ0n) is 28.4. The van der Waals surface area contributed by atoms with Gasteiger partial charge in [0.2, 0.25) is 0 Å². The summed E-state index contributed by atoms with van der Waals surface area (Å²) in [7, 11) is 0. The first-order chi connectivity index (χ1) is 25.8. The largest absolute Gasteiger partial charge is 0.455 e. The fourth-order valence-electron chi connectivity index (χ4n) is 7.80. The van der Waals surface area contributed by atoms with E-state index in [0.717, 1.165) is 55.7 Å². The maximum atomic E-state index is 6.60. The van der Waals surface area contributed by atoms with Gasteiger partial charge < -0.3 is 9.32 Å². The number of hydrogen-bond acceptors (Lipinski definition) is 2. The Morgan fingerprint density at radius 1 is 0.327 bits per heavy atom. The molecule has 2 heteroatoms. The van der Waals surface area contributed by atoms with E-state index in [1.807, 2.05) is 6.07 Å². The van der Waals surface area contributed by atoms with Crippen LogP contribution in [0.2, 0.25) is 0 Å². The molecule has 10 aromatic rings. The van der Waals surface area contributed by atoms with Crippen molar-refractivity contribution < 1.29 is 4.42 Å². The molecule has 0 amide bonds. The van der Waals surface area contributed by atoms with E-state index in [9.17, 15) is 0 Å². The minimum atomic E-state index is 0.893. The summed E-state index contributed by atoms with van der Waals surface area (Å²) >= 11 is 0. The third-order valence-electron chi connectivity index (χ3n) is 10.3. The van der Waals surface area contributed by atoms with E-state index < -0.39 is 0 Å². The van der Waals surface area contributed by atoms with Crippen LogP contribution in [0.4, 0.5) is 17.1 Å². The molecule has 0 aliphatic rings. The molecule has 0 aliphatic heterocycles. The van der Waals surface area contributed by atoms with Crippen LogP contribution in [-0.2, 0) is 0 Å². The quantitative estimate of drug-likeness (QED) is 0.176. The molecule has 0 bridgehead atoms. The Labute approximate surface area is 302 Å². The minimum absolute atomic E-state index is 0.893. The van der Waals surface area contributed by atoms with Gasteiger partial charge >= 0.3 is 0 Å². The summed E-state index contributed by atoms with van der Waals surface area (Å²) in [5.74, 6) is 0. The minimum Gasteiger partial charge on any atom is -0.455 e. The summed E-state index contributed by atoms with van der Waals surface area (Å²) in [4.78, 5) is 2.41. The molecule has 0 saturated carbocycles. The number of benzene rings is 9. The smallest absolute Gasteiger partial charge is 0.143 e. The van der Waals surface area contributed by atoms with Gasteiger partial charge in [0.15, 0.2) is 0 Å². The van der Waals surface area contributed by atoms with Crippen LogP contribution in [0.15, 0.2) is 205 Å². The van der Waals surface area contributed by atoms with Gasteiger partial charge in [0.1, 0.15) is 11.2 Å². The van der Waals surface area contributed by atoms with Crippen molar-refractivity contribution in [2.24, 2.45) is 0 Å². The molecular weight excluding hydrogens is 631 g/mol. The van der Waals surface area contributed by atoms with Crippen LogP contribution in [0.3, 0.4) is 0 Å². The van der Waals surface area contributed by atoms with E-state index in [1.165, 1.54) is 38.2 Å². The predicted molar refractivity (Wildman–Crippen MR) is 220 cm³/mol. The Hall–Kier alpha value is -6.90. The molecule has 0 saturated heterocycles. The highest BCUT2D eigenvalue weighted by molar-refractivity contribution is 6.11. The summed E-state index contributed by atoms with van der Waals surface area (Å²) in [5, 5.41) is 7.18. The van der Waals surface area contributed by atoms with Gasteiger partial charge in [-0.05, 0) is 74.6 Å². The molecule has 0 atom stereocenters. The first-order valence-electron chi connectivity index (χ1n) is 17.8. The van der Waals surface area contributed by atoms with Crippen molar-refractivity contribution in [2.75, 3.05) is 4.90 Å². The van der Waals surface area contributed by atoms with Crippen molar-refractivity contribution >= 4 is 60.5 Å². The van der Waals surface area contributed by atoms with Gasteiger partial charge in [-0.3, -0.25) is 0 Å². The molecule has 1 heterocycles. The number of furan rings is 1. The highest BCUT2D eigenvalue weighted by Gasteiger charge is 2.22. The van der Waals surface area contributed by atoms with Crippen molar-refractivity contribution in [2.45, 2.75) is 0 Å². The molecule has 9 aromatic carbocycles. The first kappa shape index (κ1) is 30.0. The van der Waals surface area contributed by atoms with E-state index >= 15 is 0 Å². The second kappa shape index (κ2) is 12.5. The third-order valence-corrected chi connectivity index (χ3v) is 10.3. The third kappa shape index (κ3) is 5.04. The Morgan fingerprint density at radius 2 is 0.885 bits per heavy atom. The Kier molecular flexibility index (Phi) is 7.18. The van der Waals surface area contributed by atoms with Crippen LogP contribution in [0.25, 0.3) is 76.9 Å². The Bertz CT molecular complexity index is 2910. The first-order valence-corrected chi connectivity index (χ1v) is 17.8. The van der Waals surface area contributed by atoms with Gasteiger partial charge in [0.05, 0.1) is 11.4 Å². The van der Waals surface area contributed by atoms with Crippen molar-refractivity contribution in [3.8, 4) is 33.4 Å². The van der Waals surface area contributed by atoms with E-state index in [-0.39, 0.29) is 0 Å². The normalized spacial score (nSPS) is 11.5. The summed E-state index contributed by atoms with van der Waals surface area (Å²) < 4.78 is 6.60. The molecule has 0 radical (unpaired) electrons. The summed E-state index contributed by atoms with van der Waals surface area (Å²) in [6, 6.07) is 71.7. The van der Waals surface area contributed by atoms with Gasteiger partial charge in [-0.1, -0.05) is 164 Å². The molecule has 10 rings (SSSR count). The van der Waals surface area contributed by atoms with Crippen LogP contribution in [0.1, 0.15) is 0 Å². The lowest BCUT2D eigenvalue weighted by molar-refractivity contribution is 0.670. The number of para-hydroxylation sites is 4. The fourth-order valence-corrected chi connectivity index (χ4v) is 7.80. The number of rotatable bonds is 6. The summed E-state index contributed by atoms with van der Waals surface area (Å²) in [6.07, 6.45) is 0. The van der Waals surface area contributed by atoms with E-state index in [0.29, 0.717) is 0 Å². The molecule has 0 spiro atoms. The van der Waals surface area contributed by atoms with E-state index in [1.54, 1.807) is 0 Å². The lowest BCUT2D eigenvalue weighted by Gasteiger charge is -2.30. The number of nitrogens with zero attached hydrogens (tertiary/aromatic N) is 1. The van der Waals surface area contributed by atoms with Gasteiger partial charge in [-0.2, -0.15) is 0 Å². The molecular formula is C50H33NO. The number of hydrogen-bond donors (Lipinski definition) is 0. The maximum absolute atomic E-state index is 6.60. The molecule has 0 N–H and O–H groups in total. The van der Waals surface area contributed by atoms with Crippen molar-refractivity contribution in [1.82, 2.24) is 0 Å². The molecule has 1 aromatic heterocycles. The monoisotopic (exact) mass is 663 g/mol. The summed E-state index contributed by atoms with van der Waals surface area (Å²) in [5.41, 5.74) is 11.9.